The maximum absolute atomic E-state index is 14.2. The van der Waals surface area contributed by atoms with Gasteiger partial charge in [0.05, 0.1) is 30.0 Å². The lowest BCUT2D eigenvalue weighted by molar-refractivity contribution is -0.291. The first-order chi connectivity index (χ1) is 15.8. The molecule has 178 valence electrons. The van der Waals surface area contributed by atoms with E-state index in [1.807, 2.05) is 0 Å². The molecular weight excluding hydrogens is 489 g/mol. The molecule has 0 spiro atoms. The number of alkyl halides is 5. The van der Waals surface area contributed by atoms with E-state index in [1.54, 1.807) is 0 Å². The predicted molar refractivity (Wildman–Crippen MR) is 110 cm³/mol. The molecule has 3 rings (SSSR count). The minimum absolute atomic E-state index is 0.0520. The number of ether oxygens (including phenoxy) is 1. The summed E-state index contributed by atoms with van der Waals surface area (Å²) in [6.45, 7) is 9.45. The number of aromatic amines is 1. The Morgan fingerprint density at radius 2 is 1.88 bits per heavy atom. The molecule has 34 heavy (non-hydrogen) atoms. The summed E-state index contributed by atoms with van der Waals surface area (Å²) in [5, 5.41) is -0.413. The summed E-state index contributed by atoms with van der Waals surface area (Å²) in [5.74, 6) is -7.28. The van der Waals surface area contributed by atoms with Crippen LogP contribution >= 0.6 is 11.6 Å². The van der Waals surface area contributed by atoms with Crippen LogP contribution < -0.4 is 15.9 Å². The molecule has 0 unspecified atom stereocenters. The fourth-order valence-corrected chi connectivity index (χ4v) is 3.12. The van der Waals surface area contributed by atoms with Crippen LogP contribution in [0.3, 0.4) is 0 Å². The summed E-state index contributed by atoms with van der Waals surface area (Å²) in [6, 6.07) is 3.54. The summed E-state index contributed by atoms with van der Waals surface area (Å²) in [6.07, 6.45) is -5.66. The maximum atomic E-state index is 14.2. The molecule has 0 saturated carbocycles. The largest absolute Gasteiger partial charge is 0.459 e. The van der Waals surface area contributed by atoms with Crippen molar-refractivity contribution in [2.24, 2.45) is 0 Å². The molecule has 0 aliphatic rings. The van der Waals surface area contributed by atoms with E-state index in [0.29, 0.717) is 10.9 Å². The van der Waals surface area contributed by atoms with Crippen LogP contribution in [0.2, 0.25) is 5.02 Å². The van der Waals surface area contributed by atoms with Gasteiger partial charge in [0, 0.05) is 5.69 Å². The smallest absolute Gasteiger partial charge is 0.449 e. The van der Waals surface area contributed by atoms with E-state index in [4.69, 9.17) is 22.9 Å². The quantitative estimate of drug-likeness (QED) is 0.406. The van der Waals surface area contributed by atoms with Gasteiger partial charge in [-0.2, -0.15) is 22.0 Å². The lowest BCUT2D eigenvalue weighted by atomic mass is 10.2. The third-order valence-corrected chi connectivity index (χ3v) is 4.97. The van der Waals surface area contributed by atoms with E-state index >= 15 is 0 Å². The van der Waals surface area contributed by atoms with Crippen molar-refractivity contribution in [3.63, 3.8) is 0 Å². The molecule has 0 radical (unpaired) electrons. The Morgan fingerprint density at radius 3 is 2.47 bits per heavy atom. The maximum Gasteiger partial charge on any atom is 0.459 e. The van der Waals surface area contributed by atoms with Gasteiger partial charge in [-0.3, -0.25) is 14.2 Å². The molecule has 0 amide bonds. The van der Waals surface area contributed by atoms with Gasteiger partial charge in [0.1, 0.15) is 11.6 Å². The monoisotopic (exact) mass is 501 g/mol. The zero-order valence-corrected chi connectivity index (χ0v) is 18.1. The third-order valence-electron chi connectivity index (χ3n) is 4.59. The van der Waals surface area contributed by atoms with Gasteiger partial charge >= 0.3 is 12.1 Å². The van der Waals surface area contributed by atoms with Crippen molar-refractivity contribution in [2.45, 2.75) is 32.5 Å². The van der Waals surface area contributed by atoms with Crippen molar-refractivity contribution in [1.82, 2.24) is 19.5 Å². The zero-order valence-electron chi connectivity index (χ0n) is 17.3. The molecule has 1 aromatic carbocycles. The lowest BCUT2D eigenvalue weighted by Crippen LogP contribution is -2.38. The Balaban J connectivity index is 2.23. The Hall–Kier alpha value is -3.79. The number of benzene rings is 1. The molecule has 8 nitrogen and oxygen atoms in total. The van der Waals surface area contributed by atoms with Crippen LogP contribution in [-0.2, 0) is 12.5 Å². The molecule has 0 saturated heterocycles. The molecule has 0 bridgehead atoms. The number of hydrogen-bond donors (Lipinski definition) is 1. The topological polar surface area (TPSA) is 94.2 Å². The van der Waals surface area contributed by atoms with Gasteiger partial charge in [-0.15, -0.1) is 0 Å². The number of nitrogens with one attached hydrogen (secondary N) is 1. The standard InChI is InChI=1S/C20H13ClF5N5O3/c1-9-11(17(32)30-10(2)29-9)7-31-8-28-16(19(22,23)20(24,25)26)15(18(31)33)34-13-6-4-5-12(27-3)14(13)21/h4-6,8H,7H2,1-2H3,(H,29,30,32). The van der Waals surface area contributed by atoms with E-state index in [2.05, 4.69) is 19.8 Å². The van der Waals surface area contributed by atoms with E-state index in [9.17, 15) is 31.5 Å². The number of H-pyrrole nitrogens is 1. The van der Waals surface area contributed by atoms with Gasteiger partial charge in [-0.05, 0) is 19.9 Å². The van der Waals surface area contributed by atoms with Gasteiger partial charge < -0.3 is 9.72 Å². The number of hydrogen-bond acceptors (Lipinski definition) is 5. The summed E-state index contributed by atoms with van der Waals surface area (Å²) in [7, 11) is 0. The normalized spacial score (nSPS) is 11.9. The van der Waals surface area contributed by atoms with Crippen molar-refractivity contribution in [2.75, 3.05) is 0 Å². The number of halogens is 6. The Bertz CT molecular complexity index is 1430. The van der Waals surface area contributed by atoms with Crippen molar-refractivity contribution >= 4 is 17.3 Å². The fraction of sp³-hybridized carbons (Fsp3) is 0.250. The molecule has 0 fully saturated rings. The second kappa shape index (κ2) is 8.86. The molecule has 2 aromatic heterocycles. The minimum atomic E-state index is -6.10. The first-order valence-corrected chi connectivity index (χ1v) is 9.60. The van der Waals surface area contributed by atoms with Gasteiger partial charge in [0.2, 0.25) is 11.4 Å². The molecule has 3 aromatic rings. The zero-order chi connectivity index (χ0) is 25.4. The number of nitrogens with zero attached hydrogens (tertiary/aromatic N) is 4. The second-order valence-electron chi connectivity index (χ2n) is 6.95. The van der Waals surface area contributed by atoms with Gasteiger partial charge in [-0.1, -0.05) is 23.7 Å². The SMILES string of the molecule is [C-]#[N+]c1cccc(Oc2c(C(F)(F)C(F)(F)F)ncn(Cc3c(C)nc(C)[nH]c3=O)c2=O)c1Cl. The van der Waals surface area contributed by atoms with E-state index in [-0.39, 0.29) is 22.8 Å². The van der Waals surface area contributed by atoms with E-state index in [0.717, 1.165) is 6.07 Å². The van der Waals surface area contributed by atoms with Crippen LogP contribution in [0.5, 0.6) is 11.5 Å². The third kappa shape index (κ3) is 4.49. The molecule has 14 heteroatoms. The number of aromatic nitrogens is 4. The summed E-state index contributed by atoms with van der Waals surface area (Å²) in [4.78, 5) is 37.9. The molecular formula is C20H13ClF5N5O3. The van der Waals surface area contributed by atoms with Gasteiger partial charge in [-0.25, -0.2) is 14.8 Å². The van der Waals surface area contributed by atoms with Crippen LogP contribution in [0.4, 0.5) is 27.6 Å². The average Bonchev–Trinajstić information content (AvgIpc) is 2.73. The summed E-state index contributed by atoms with van der Waals surface area (Å²) >= 11 is 5.96. The predicted octanol–water partition coefficient (Wildman–Crippen LogP) is 4.64. The Kier molecular flexibility index (Phi) is 6.48. The van der Waals surface area contributed by atoms with E-state index in [1.165, 1.54) is 26.0 Å². The van der Waals surface area contributed by atoms with Gasteiger partial charge in [0.25, 0.3) is 11.1 Å². The van der Waals surface area contributed by atoms with Crippen LogP contribution in [0.25, 0.3) is 4.85 Å². The first-order valence-electron chi connectivity index (χ1n) is 9.22. The molecule has 1 N–H and O–H groups in total. The second-order valence-corrected chi connectivity index (χ2v) is 7.32. The highest BCUT2D eigenvalue weighted by Gasteiger charge is 2.62. The molecule has 0 atom stereocenters. The van der Waals surface area contributed by atoms with Crippen molar-refractivity contribution in [1.29, 1.82) is 0 Å². The average molecular weight is 502 g/mol. The highest BCUT2D eigenvalue weighted by Crippen LogP contribution is 2.46. The van der Waals surface area contributed by atoms with Gasteiger partial charge in [0.15, 0.2) is 5.69 Å². The Morgan fingerprint density at radius 1 is 1.21 bits per heavy atom. The summed E-state index contributed by atoms with van der Waals surface area (Å²) < 4.78 is 73.4. The molecule has 2 heterocycles. The van der Waals surface area contributed by atoms with Crippen LogP contribution in [0, 0.1) is 20.4 Å². The number of rotatable bonds is 5. The first kappa shape index (κ1) is 24.8. The minimum Gasteiger partial charge on any atom is -0.449 e. The summed E-state index contributed by atoms with van der Waals surface area (Å²) in [5.41, 5.74) is -4.13. The van der Waals surface area contributed by atoms with Crippen LogP contribution in [0.1, 0.15) is 22.8 Å². The van der Waals surface area contributed by atoms with E-state index < -0.39 is 52.0 Å². The number of aryl methyl sites for hydroxylation is 2. The highest BCUT2D eigenvalue weighted by atomic mass is 35.5. The van der Waals surface area contributed by atoms with Crippen molar-refractivity contribution in [3.05, 3.63) is 84.4 Å². The lowest BCUT2D eigenvalue weighted by Gasteiger charge is -2.22. The van der Waals surface area contributed by atoms with Crippen LogP contribution in [-0.4, -0.2) is 25.7 Å². The highest BCUT2D eigenvalue weighted by molar-refractivity contribution is 6.34. The molecule has 0 aliphatic heterocycles. The van der Waals surface area contributed by atoms with Crippen LogP contribution in [0.15, 0.2) is 34.1 Å². The Labute approximate surface area is 192 Å². The fourth-order valence-electron chi connectivity index (χ4n) is 2.91. The van der Waals surface area contributed by atoms with Crippen molar-refractivity contribution in [3.8, 4) is 11.5 Å². The molecule has 0 aliphatic carbocycles. The van der Waals surface area contributed by atoms with Crippen molar-refractivity contribution < 1.29 is 26.7 Å².